The molecule has 0 aromatic heterocycles. The third kappa shape index (κ3) is 6.21. The maximum Gasteiger partial charge on any atom is -1.00 e. The van der Waals surface area contributed by atoms with E-state index in [2.05, 4.69) is 118 Å². The smallest absolute Gasteiger partial charge is 1.00 e. The van der Waals surface area contributed by atoms with Crippen LogP contribution >= 0.6 is 0 Å². The van der Waals surface area contributed by atoms with Crippen molar-refractivity contribution >= 4 is 14.4 Å². The van der Waals surface area contributed by atoms with Crippen molar-refractivity contribution in [1.29, 1.82) is 0 Å². The van der Waals surface area contributed by atoms with E-state index in [0.29, 0.717) is 9.54 Å². The summed E-state index contributed by atoms with van der Waals surface area (Å²) in [6, 6.07) is 10.8. The molecule has 2 aromatic carbocycles. The first-order valence-electron chi connectivity index (χ1n) is 18.1. The summed E-state index contributed by atoms with van der Waals surface area (Å²) in [6.45, 7) is 24.4. The van der Waals surface area contributed by atoms with E-state index in [0.717, 1.165) is 12.8 Å². The van der Waals surface area contributed by atoms with Gasteiger partial charge in [-0.15, -0.1) is 0 Å². The Morgan fingerprint density at radius 2 is 1.21 bits per heavy atom. The molecule has 1 atom stereocenters. The monoisotopic (exact) mass is 744 g/mol. The zero-order valence-corrected chi connectivity index (χ0v) is 34.7. The molecule has 250 valence electrons. The van der Waals surface area contributed by atoms with Crippen LogP contribution in [0.3, 0.4) is 0 Å². The third-order valence-electron chi connectivity index (χ3n) is 12.3. The van der Waals surface area contributed by atoms with Crippen molar-refractivity contribution in [3.63, 3.8) is 0 Å². The molecule has 0 saturated heterocycles. The first-order valence-corrected chi connectivity index (χ1v) is 22.0. The van der Waals surface area contributed by atoms with E-state index in [1.807, 2.05) is 6.49 Å². The summed E-state index contributed by atoms with van der Waals surface area (Å²) >= 11 is -2.43. The molecule has 7 rings (SSSR count). The standard InChI is InChI=1S/C27H29.C11H17.C6H10.2ClH.Zr/c1-16-7-9-26(3,4)24-12-18-11-19-13-25-21(17(2)8-10-27(25,5)6)15-23(19)22(18)14-20(16)24;1-5-9-6-7-10(8-9)11(2,3)4;1-2-4-6-5-3-1;;;/h7-8,11-15H,9-10H2,1-6H3;7-9H,5H2,1-4H3;1-5H2;2*1H;/q;;;;;+2/p-2. The molecule has 47 heavy (non-hydrogen) atoms. The van der Waals surface area contributed by atoms with E-state index < -0.39 is 21.3 Å². The van der Waals surface area contributed by atoms with Crippen LogP contribution in [0.4, 0.5) is 0 Å². The quantitative estimate of drug-likeness (QED) is 0.333. The molecule has 0 N–H and O–H groups in total. The Bertz CT molecular complexity index is 1670. The Morgan fingerprint density at radius 3 is 1.66 bits per heavy atom. The summed E-state index contributed by atoms with van der Waals surface area (Å²) in [5, 5.41) is 0. The Balaban J connectivity index is 0.00000217. The molecule has 0 bridgehead atoms. The molecule has 1 unspecified atom stereocenters. The number of fused-ring (bicyclic) bond motifs is 5. The van der Waals surface area contributed by atoms with Gasteiger partial charge in [-0.2, -0.15) is 0 Å². The molecular weight excluding hydrogens is 691 g/mol. The molecule has 5 aliphatic carbocycles. The average molecular weight is 747 g/mol. The van der Waals surface area contributed by atoms with Crippen LogP contribution in [0.1, 0.15) is 158 Å². The van der Waals surface area contributed by atoms with E-state index in [-0.39, 0.29) is 41.1 Å². The molecule has 5 aliphatic rings. The summed E-state index contributed by atoms with van der Waals surface area (Å²) in [4.78, 5) is 0. The second-order valence-electron chi connectivity index (χ2n) is 17.4. The van der Waals surface area contributed by atoms with Gasteiger partial charge in [-0.25, -0.2) is 0 Å². The molecule has 0 heterocycles. The van der Waals surface area contributed by atoms with Crippen LogP contribution in [0.5, 0.6) is 0 Å². The molecule has 0 spiro atoms. The number of hydrogen-bond acceptors (Lipinski definition) is 0. The van der Waals surface area contributed by atoms with Crippen molar-refractivity contribution in [3.05, 3.63) is 90.8 Å². The number of halogens is 2. The Hall–Kier alpha value is -1.27. The van der Waals surface area contributed by atoms with Crippen LogP contribution in [-0.4, -0.2) is 3.21 Å². The topological polar surface area (TPSA) is 0 Å². The van der Waals surface area contributed by atoms with Gasteiger partial charge in [0.25, 0.3) is 0 Å². The largest absolute Gasteiger partial charge is 1.00 e. The third-order valence-corrected chi connectivity index (χ3v) is 21.1. The maximum absolute atomic E-state index is 2.77. The number of hydrogen-bond donors (Lipinski definition) is 0. The molecule has 1 fully saturated rings. The van der Waals surface area contributed by atoms with Gasteiger partial charge in [0.2, 0.25) is 0 Å². The van der Waals surface area contributed by atoms with Crippen molar-refractivity contribution in [2.75, 3.05) is 0 Å². The molecule has 2 aromatic rings. The fraction of sp³-hybridized carbons (Fsp3) is 0.523. The van der Waals surface area contributed by atoms with Gasteiger partial charge in [0.15, 0.2) is 0 Å². The number of rotatable bonds is 3. The normalized spacial score (nSPS) is 22.1. The van der Waals surface area contributed by atoms with Gasteiger partial charge in [-0.05, 0) is 0 Å². The second kappa shape index (κ2) is 13.1. The molecule has 3 heteroatoms. The van der Waals surface area contributed by atoms with Gasteiger partial charge in [0.1, 0.15) is 0 Å². The predicted molar refractivity (Wildman–Crippen MR) is 194 cm³/mol. The van der Waals surface area contributed by atoms with Crippen molar-refractivity contribution in [3.8, 4) is 11.1 Å². The van der Waals surface area contributed by atoms with Crippen LogP contribution in [0.15, 0.2) is 57.4 Å². The van der Waals surface area contributed by atoms with Gasteiger partial charge in [-0.1, -0.05) is 0 Å². The summed E-state index contributed by atoms with van der Waals surface area (Å²) in [7, 11) is 0. The van der Waals surface area contributed by atoms with Crippen LogP contribution in [0.2, 0.25) is 0 Å². The van der Waals surface area contributed by atoms with Crippen molar-refractivity contribution in [1.82, 2.24) is 0 Å². The second-order valence-corrected chi connectivity index (χ2v) is 24.0. The molecule has 0 radical (unpaired) electrons. The first kappa shape index (κ1) is 37.0. The summed E-state index contributed by atoms with van der Waals surface area (Å²) in [5.74, 6) is 0.619. The van der Waals surface area contributed by atoms with Crippen molar-refractivity contribution < 1.29 is 46.1 Å². The predicted octanol–water partition coefficient (Wildman–Crippen LogP) is 6.58. The van der Waals surface area contributed by atoms with E-state index in [1.54, 1.807) is 39.0 Å². The van der Waals surface area contributed by atoms with E-state index in [4.69, 9.17) is 0 Å². The minimum Gasteiger partial charge on any atom is -1.00 e. The van der Waals surface area contributed by atoms with Crippen LogP contribution in [-0.2, 0) is 32.1 Å². The maximum atomic E-state index is 2.77. The van der Waals surface area contributed by atoms with Gasteiger partial charge < -0.3 is 24.8 Å². The zero-order valence-electron chi connectivity index (χ0n) is 30.7. The van der Waals surface area contributed by atoms with E-state index >= 15 is 0 Å². The summed E-state index contributed by atoms with van der Waals surface area (Å²) < 4.78 is 4.52. The van der Waals surface area contributed by atoms with Gasteiger partial charge in [0, 0.05) is 0 Å². The van der Waals surface area contributed by atoms with Crippen LogP contribution < -0.4 is 24.8 Å². The Labute approximate surface area is 306 Å². The van der Waals surface area contributed by atoms with Gasteiger partial charge >= 0.3 is 284 Å². The SMILES string of the molecule is CCC1C=C(C(C)(C)C)C=[C]1[Zr+2](=[C]1CCCCC1)[CH]1c2cc3c(cc2-c2cc4c(cc21)C(C)(C)CC=C4C)C(C)=CCC3(C)C.[Cl-].[Cl-]. The zero-order chi connectivity index (χ0) is 32.1. The fourth-order valence-corrected chi connectivity index (χ4v) is 19.4. The van der Waals surface area contributed by atoms with E-state index in [9.17, 15) is 0 Å². The first-order chi connectivity index (χ1) is 21.2. The molecule has 0 nitrogen and oxygen atoms in total. The summed E-state index contributed by atoms with van der Waals surface area (Å²) in [6.07, 6.45) is 21.0. The minimum absolute atomic E-state index is 0. The minimum atomic E-state index is -2.43. The van der Waals surface area contributed by atoms with E-state index in [1.165, 1.54) is 60.8 Å². The van der Waals surface area contributed by atoms with Gasteiger partial charge in [-0.3, -0.25) is 0 Å². The number of benzene rings is 2. The Morgan fingerprint density at radius 1 is 0.723 bits per heavy atom. The number of allylic oxidation sites excluding steroid dienone is 8. The van der Waals surface area contributed by atoms with Crippen molar-refractivity contribution in [2.45, 2.75) is 135 Å². The fourth-order valence-electron chi connectivity index (χ4n) is 9.22. The van der Waals surface area contributed by atoms with Gasteiger partial charge in [0.05, 0.1) is 0 Å². The van der Waals surface area contributed by atoms with Crippen LogP contribution in [0.25, 0.3) is 22.3 Å². The molecule has 0 aliphatic heterocycles. The van der Waals surface area contributed by atoms with Crippen molar-refractivity contribution in [2.24, 2.45) is 11.3 Å². The molecular formula is C44H56Cl2Zr. The molecule has 0 amide bonds. The average Bonchev–Trinajstić information content (AvgIpc) is 3.57. The Kier molecular flexibility index (Phi) is 10.3. The molecule has 1 saturated carbocycles. The van der Waals surface area contributed by atoms with Crippen LogP contribution in [0, 0.1) is 11.3 Å². The summed E-state index contributed by atoms with van der Waals surface area (Å²) in [5.41, 5.74) is 17.8.